The van der Waals surface area contributed by atoms with Crippen molar-refractivity contribution in [1.29, 1.82) is 0 Å². The van der Waals surface area contributed by atoms with Gasteiger partial charge in [-0.05, 0) is 49.4 Å². The summed E-state index contributed by atoms with van der Waals surface area (Å²) in [7, 11) is 0. The second-order valence-electron chi connectivity index (χ2n) is 6.10. The number of hydrogen-bond acceptors (Lipinski definition) is 3. The second kappa shape index (κ2) is 6.27. The van der Waals surface area contributed by atoms with Crippen LogP contribution in [0.2, 0.25) is 0 Å². The standard InChI is InChI=1S/C16H25N3O/c1-11-6-7-19(9-13(11)3)10-16(20)18-15-8-14(17)5-4-12(15)2/h4-5,8,11,13H,6-7,9-10,17H2,1-3H3,(H,18,20). The van der Waals surface area contributed by atoms with Crippen LogP contribution in [0.1, 0.15) is 25.8 Å². The number of likely N-dealkylation sites (tertiary alicyclic amines) is 1. The number of carbonyl (C=O) groups excluding carboxylic acids is 1. The largest absolute Gasteiger partial charge is 0.399 e. The van der Waals surface area contributed by atoms with Crippen LogP contribution < -0.4 is 11.1 Å². The Labute approximate surface area is 121 Å². The molecule has 1 aromatic rings. The van der Waals surface area contributed by atoms with E-state index in [1.165, 1.54) is 6.42 Å². The summed E-state index contributed by atoms with van der Waals surface area (Å²) in [5.74, 6) is 1.46. The number of nitrogens with zero attached hydrogens (tertiary/aromatic N) is 1. The van der Waals surface area contributed by atoms with Gasteiger partial charge in [-0.25, -0.2) is 0 Å². The first-order valence-electron chi connectivity index (χ1n) is 7.34. The number of rotatable bonds is 3. The van der Waals surface area contributed by atoms with Gasteiger partial charge in [0, 0.05) is 17.9 Å². The minimum absolute atomic E-state index is 0.0421. The van der Waals surface area contributed by atoms with Crippen LogP contribution in [0.15, 0.2) is 18.2 Å². The number of nitrogens with two attached hydrogens (primary N) is 1. The fourth-order valence-corrected chi connectivity index (χ4v) is 2.66. The molecule has 110 valence electrons. The lowest BCUT2D eigenvalue weighted by molar-refractivity contribution is -0.117. The minimum atomic E-state index is 0.0421. The van der Waals surface area contributed by atoms with Crippen molar-refractivity contribution < 1.29 is 4.79 Å². The van der Waals surface area contributed by atoms with E-state index in [0.717, 1.165) is 30.3 Å². The van der Waals surface area contributed by atoms with Crippen molar-refractivity contribution in [1.82, 2.24) is 4.90 Å². The molecule has 2 rings (SSSR count). The third-order valence-electron chi connectivity index (χ3n) is 4.32. The highest BCUT2D eigenvalue weighted by Gasteiger charge is 2.23. The zero-order chi connectivity index (χ0) is 14.7. The van der Waals surface area contributed by atoms with Gasteiger partial charge < -0.3 is 11.1 Å². The van der Waals surface area contributed by atoms with Gasteiger partial charge in [-0.3, -0.25) is 9.69 Å². The Morgan fingerprint density at radius 1 is 1.40 bits per heavy atom. The van der Waals surface area contributed by atoms with Gasteiger partial charge in [-0.1, -0.05) is 19.9 Å². The van der Waals surface area contributed by atoms with Gasteiger partial charge in [0.15, 0.2) is 0 Å². The van der Waals surface area contributed by atoms with Gasteiger partial charge in [-0.15, -0.1) is 0 Å². The quantitative estimate of drug-likeness (QED) is 0.833. The van der Waals surface area contributed by atoms with Crippen LogP contribution in [0.4, 0.5) is 11.4 Å². The molecule has 0 aromatic heterocycles. The smallest absolute Gasteiger partial charge is 0.238 e. The first kappa shape index (κ1) is 14.9. The fraction of sp³-hybridized carbons (Fsp3) is 0.562. The second-order valence-corrected chi connectivity index (χ2v) is 6.10. The van der Waals surface area contributed by atoms with E-state index in [1.54, 1.807) is 0 Å². The number of anilines is 2. The van der Waals surface area contributed by atoms with Crippen LogP contribution >= 0.6 is 0 Å². The molecule has 1 aliphatic rings. The summed E-state index contributed by atoms with van der Waals surface area (Å²) in [5.41, 5.74) is 8.28. The van der Waals surface area contributed by atoms with Crippen molar-refractivity contribution in [3.8, 4) is 0 Å². The summed E-state index contributed by atoms with van der Waals surface area (Å²) in [5, 5.41) is 2.96. The molecule has 20 heavy (non-hydrogen) atoms. The molecular formula is C16H25N3O. The molecule has 1 fully saturated rings. The molecular weight excluding hydrogens is 250 g/mol. The summed E-state index contributed by atoms with van der Waals surface area (Å²) in [4.78, 5) is 14.4. The molecule has 0 spiro atoms. The number of benzene rings is 1. The van der Waals surface area contributed by atoms with Crippen molar-refractivity contribution in [3.05, 3.63) is 23.8 Å². The first-order chi connectivity index (χ1) is 9.45. The molecule has 3 N–H and O–H groups in total. The van der Waals surface area contributed by atoms with E-state index in [4.69, 9.17) is 5.73 Å². The van der Waals surface area contributed by atoms with E-state index in [-0.39, 0.29) is 5.91 Å². The van der Waals surface area contributed by atoms with Crippen LogP contribution in [0.3, 0.4) is 0 Å². The zero-order valence-electron chi connectivity index (χ0n) is 12.6. The predicted octanol–water partition coefficient (Wildman–Crippen LogP) is 2.49. The molecule has 0 aliphatic carbocycles. The fourth-order valence-electron chi connectivity index (χ4n) is 2.66. The monoisotopic (exact) mass is 275 g/mol. The van der Waals surface area contributed by atoms with Crippen LogP contribution in [0.5, 0.6) is 0 Å². The Morgan fingerprint density at radius 3 is 2.85 bits per heavy atom. The number of carbonyl (C=O) groups is 1. The molecule has 2 unspecified atom stereocenters. The number of hydrogen-bond donors (Lipinski definition) is 2. The zero-order valence-corrected chi connectivity index (χ0v) is 12.6. The van der Waals surface area contributed by atoms with E-state index in [9.17, 15) is 4.79 Å². The number of piperidine rings is 1. The molecule has 4 nitrogen and oxygen atoms in total. The van der Waals surface area contributed by atoms with E-state index in [0.29, 0.717) is 18.2 Å². The number of aryl methyl sites for hydroxylation is 1. The molecule has 0 saturated carbocycles. The Hall–Kier alpha value is -1.55. The molecule has 1 amide bonds. The maximum atomic E-state index is 12.1. The Balaban J connectivity index is 1.91. The lowest BCUT2D eigenvalue weighted by Gasteiger charge is -2.34. The average molecular weight is 275 g/mol. The van der Waals surface area contributed by atoms with Crippen molar-refractivity contribution in [3.63, 3.8) is 0 Å². The van der Waals surface area contributed by atoms with Gasteiger partial charge in [0.05, 0.1) is 6.54 Å². The lowest BCUT2D eigenvalue weighted by Crippen LogP contribution is -2.42. The third kappa shape index (κ3) is 3.73. The molecule has 0 bridgehead atoms. The molecule has 1 aromatic carbocycles. The average Bonchev–Trinajstić information content (AvgIpc) is 2.38. The SMILES string of the molecule is Cc1ccc(N)cc1NC(=O)CN1CCC(C)C(C)C1. The van der Waals surface area contributed by atoms with Crippen molar-refractivity contribution in [2.75, 3.05) is 30.7 Å². The molecule has 0 radical (unpaired) electrons. The minimum Gasteiger partial charge on any atom is -0.399 e. The van der Waals surface area contributed by atoms with E-state index in [1.807, 2.05) is 25.1 Å². The Morgan fingerprint density at radius 2 is 2.15 bits per heavy atom. The van der Waals surface area contributed by atoms with Crippen molar-refractivity contribution in [2.45, 2.75) is 27.2 Å². The normalized spacial score (nSPS) is 23.6. The van der Waals surface area contributed by atoms with Crippen molar-refractivity contribution >= 4 is 17.3 Å². The maximum absolute atomic E-state index is 12.1. The summed E-state index contributed by atoms with van der Waals surface area (Å²) < 4.78 is 0. The van der Waals surface area contributed by atoms with Crippen LogP contribution in [-0.2, 0) is 4.79 Å². The number of nitrogen functional groups attached to an aromatic ring is 1. The maximum Gasteiger partial charge on any atom is 0.238 e. The molecule has 1 heterocycles. The van der Waals surface area contributed by atoms with Gasteiger partial charge in [0.2, 0.25) is 5.91 Å². The molecule has 2 atom stereocenters. The predicted molar refractivity (Wildman–Crippen MR) is 83.6 cm³/mol. The summed E-state index contributed by atoms with van der Waals surface area (Å²) in [6, 6.07) is 5.59. The van der Waals surface area contributed by atoms with Crippen LogP contribution in [0.25, 0.3) is 0 Å². The van der Waals surface area contributed by atoms with Gasteiger partial charge in [-0.2, -0.15) is 0 Å². The van der Waals surface area contributed by atoms with Gasteiger partial charge in [0.1, 0.15) is 0 Å². The first-order valence-corrected chi connectivity index (χ1v) is 7.34. The van der Waals surface area contributed by atoms with Crippen LogP contribution in [-0.4, -0.2) is 30.4 Å². The molecule has 4 heteroatoms. The third-order valence-corrected chi connectivity index (χ3v) is 4.32. The highest BCUT2D eigenvalue weighted by Crippen LogP contribution is 2.22. The molecule has 1 saturated heterocycles. The Kier molecular flexibility index (Phi) is 4.65. The summed E-state index contributed by atoms with van der Waals surface area (Å²) in [6.45, 7) is 9.00. The van der Waals surface area contributed by atoms with Crippen molar-refractivity contribution in [2.24, 2.45) is 11.8 Å². The Bertz CT molecular complexity index is 487. The van der Waals surface area contributed by atoms with Gasteiger partial charge in [0.25, 0.3) is 0 Å². The highest BCUT2D eigenvalue weighted by atomic mass is 16.2. The summed E-state index contributed by atoms with van der Waals surface area (Å²) >= 11 is 0. The molecule has 1 aliphatic heterocycles. The van der Waals surface area contributed by atoms with E-state index < -0.39 is 0 Å². The van der Waals surface area contributed by atoms with E-state index >= 15 is 0 Å². The lowest BCUT2D eigenvalue weighted by atomic mass is 9.89. The number of amides is 1. The summed E-state index contributed by atoms with van der Waals surface area (Å²) in [6.07, 6.45) is 1.17. The highest BCUT2D eigenvalue weighted by molar-refractivity contribution is 5.93. The number of nitrogens with one attached hydrogen (secondary N) is 1. The topological polar surface area (TPSA) is 58.4 Å². The van der Waals surface area contributed by atoms with E-state index in [2.05, 4.69) is 24.1 Å². The van der Waals surface area contributed by atoms with Gasteiger partial charge >= 0.3 is 0 Å². The van der Waals surface area contributed by atoms with Crippen LogP contribution in [0, 0.1) is 18.8 Å².